The Bertz CT molecular complexity index is 580. The Labute approximate surface area is 146 Å². The summed E-state index contributed by atoms with van der Waals surface area (Å²) in [4.78, 5) is 11.2. The minimum Gasteiger partial charge on any atom is -0.399 e. The molecule has 1 aromatic rings. The first-order valence-corrected chi connectivity index (χ1v) is 8.51. The highest BCUT2D eigenvalue weighted by atomic mass is 16.1. The molecule has 0 saturated heterocycles. The molecular formula is C20H31N3O. The standard InChI is InChI=1S/C12H17N.C6H10N2.C2H4O/c1-9-8-11-6-4-5-7-12(11)13(3)10(9)2;1-5-4-6(7)2-3-8-5;1-2-3/h4-7,9-10H,8H2,1-3H3;2-5,8H,7H2,1H3;2H,1H3/t9-,10+;;/m1../s1. The number of fused-ring (bicyclic) bond motifs is 1. The summed E-state index contributed by atoms with van der Waals surface area (Å²) in [5.41, 5.74) is 9.21. The number of carbonyl (C=O) groups is 1. The summed E-state index contributed by atoms with van der Waals surface area (Å²) in [5.74, 6) is 0.764. The summed E-state index contributed by atoms with van der Waals surface area (Å²) in [6, 6.07) is 9.77. The van der Waals surface area contributed by atoms with Gasteiger partial charge in [-0.05, 0) is 63.1 Å². The number of anilines is 1. The highest BCUT2D eigenvalue weighted by Crippen LogP contribution is 2.31. The van der Waals surface area contributed by atoms with Crippen LogP contribution >= 0.6 is 0 Å². The van der Waals surface area contributed by atoms with Crippen molar-refractivity contribution in [1.29, 1.82) is 0 Å². The van der Waals surface area contributed by atoms with E-state index >= 15 is 0 Å². The maximum Gasteiger partial charge on any atom is 0.116 e. The molecule has 0 amide bonds. The van der Waals surface area contributed by atoms with Gasteiger partial charge in [-0.2, -0.15) is 0 Å². The van der Waals surface area contributed by atoms with Crippen molar-refractivity contribution in [3.63, 3.8) is 0 Å². The third kappa shape index (κ3) is 5.76. The number of hydrogen-bond donors (Lipinski definition) is 2. The van der Waals surface area contributed by atoms with E-state index in [0.717, 1.165) is 17.9 Å². The van der Waals surface area contributed by atoms with Crippen LogP contribution in [0.2, 0.25) is 0 Å². The number of rotatable bonds is 0. The Kier molecular flexibility index (Phi) is 8.10. The summed E-state index contributed by atoms with van der Waals surface area (Å²) < 4.78 is 0. The summed E-state index contributed by atoms with van der Waals surface area (Å²) in [6.45, 7) is 8.13. The van der Waals surface area contributed by atoms with Crippen LogP contribution in [0, 0.1) is 5.92 Å². The van der Waals surface area contributed by atoms with E-state index in [1.54, 1.807) is 0 Å². The molecule has 0 radical (unpaired) electrons. The van der Waals surface area contributed by atoms with Crippen LogP contribution in [0.15, 0.2) is 48.3 Å². The van der Waals surface area contributed by atoms with Gasteiger partial charge in [0.2, 0.25) is 0 Å². The predicted molar refractivity (Wildman–Crippen MR) is 103 cm³/mol. The molecule has 0 bridgehead atoms. The lowest BCUT2D eigenvalue weighted by Gasteiger charge is -2.38. The van der Waals surface area contributed by atoms with Crippen molar-refractivity contribution >= 4 is 12.0 Å². The predicted octanol–water partition coefficient (Wildman–Crippen LogP) is 3.24. The highest BCUT2D eigenvalue weighted by Gasteiger charge is 2.25. The first kappa shape index (κ1) is 19.8. The SMILES string of the molecule is CC1C=C(N)C=CN1.CC=O.C[C@@H]1Cc2ccccc2N(C)[C@H]1C. The average Bonchev–Trinajstić information content (AvgIpc) is 2.54. The number of nitrogens with one attached hydrogen (secondary N) is 1. The second-order valence-corrected chi connectivity index (χ2v) is 6.35. The normalized spacial score (nSPS) is 24.1. The fourth-order valence-corrected chi connectivity index (χ4v) is 2.83. The van der Waals surface area contributed by atoms with Crippen molar-refractivity contribution < 1.29 is 4.79 Å². The lowest BCUT2D eigenvalue weighted by atomic mass is 9.88. The van der Waals surface area contributed by atoms with Gasteiger partial charge in [0.1, 0.15) is 6.29 Å². The molecule has 1 aromatic carbocycles. The molecule has 132 valence electrons. The second kappa shape index (κ2) is 9.81. The molecule has 0 saturated carbocycles. The number of benzene rings is 1. The topological polar surface area (TPSA) is 58.4 Å². The van der Waals surface area contributed by atoms with E-state index < -0.39 is 0 Å². The van der Waals surface area contributed by atoms with Crippen molar-refractivity contribution in [3.05, 3.63) is 53.9 Å². The van der Waals surface area contributed by atoms with Gasteiger partial charge in [0.05, 0.1) is 0 Å². The molecule has 3 rings (SSSR count). The van der Waals surface area contributed by atoms with Crippen molar-refractivity contribution in [2.24, 2.45) is 11.7 Å². The fraction of sp³-hybridized carbons (Fsp3) is 0.450. The molecule has 1 unspecified atom stereocenters. The van der Waals surface area contributed by atoms with Crippen LogP contribution in [0.3, 0.4) is 0 Å². The lowest BCUT2D eigenvalue weighted by molar-refractivity contribution is -0.106. The second-order valence-electron chi connectivity index (χ2n) is 6.35. The van der Waals surface area contributed by atoms with E-state index in [2.05, 4.69) is 62.3 Å². The molecule has 0 aliphatic carbocycles. The van der Waals surface area contributed by atoms with Crippen LogP contribution in [0.25, 0.3) is 0 Å². The minimum atomic E-state index is 0.389. The van der Waals surface area contributed by atoms with E-state index in [4.69, 9.17) is 10.5 Å². The molecular weight excluding hydrogens is 298 g/mol. The van der Waals surface area contributed by atoms with Gasteiger partial charge >= 0.3 is 0 Å². The summed E-state index contributed by atoms with van der Waals surface area (Å²) >= 11 is 0. The van der Waals surface area contributed by atoms with Crippen LogP contribution in [-0.2, 0) is 11.2 Å². The van der Waals surface area contributed by atoms with E-state index in [-0.39, 0.29) is 0 Å². The van der Waals surface area contributed by atoms with E-state index in [0.29, 0.717) is 12.1 Å². The molecule has 2 heterocycles. The highest BCUT2D eigenvalue weighted by molar-refractivity contribution is 5.56. The monoisotopic (exact) mass is 329 g/mol. The number of dihydropyridines is 1. The number of allylic oxidation sites excluding steroid dienone is 1. The van der Waals surface area contributed by atoms with Gasteiger partial charge < -0.3 is 20.7 Å². The molecule has 4 heteroatoms. The molecule has 0 aromatic heterocycles. The smallest absolute Gasteiger partial charge is 0.116 e. The number of para-hydroxylation sites is 1. The quantitative estimate of drug-likeness (QED) is 0.718. The molecule has 3 N–H and O–H groups in total. The Balaban J connectivity index is 0.000000224. The van der Waals surface area contributed by atoms with Gasteiger partial charge in [0.15, 0.2) is 0 Å². The molecule has 4 nitrogen and oxygen atoms in total. The minimum absolute atomic E-state index is 0.389. The van der Waals surface area contributed by atoms with Gasteiger partial charge in [-0.1, -0.05) is 25.1 Å². The lowest BCUT2D eigenvalue weighted by Crippen LogP contribution is -2.39. The summed E-state index contributed by atoms with van der Waals surface area (Å²) in [6.07, 6.45) is 7.65. The fourth-order valence-electron chi connectivity index (χ4n) is 2.83. The van der Waals surface area contributed by atoms with Crippen molar-refractivity contribution in [2.45, 2.75) is 46.2 Å². The largest absolute Gasteiger partial charge is 0.399 e. The van der Waals surface area contributed by atoms with Gasteiger partial charge in [-0.15, -0.1) is 0 Å². The zero-order chi connectivity index (χ0) is 18.1. The van der Waals surface area contributed by atoms with Crippen LogP contribution in [0.1, 0.15) is 33.3 Å². The zero-order valence-electron chi connectivity index (χ0n) is 15.5. The Hall–Kier alpha value is -2.23. The van der Waals surface area contributed by atoms with Gasteiger partial charge in [-0.25, -0.2) is 0 Å². The first-order valence-electron chi connectivity index (χ1n) is 8.51. The van der Waals surface area contributed by atoms with Gasteiger partial charge in [-0.3, -0.25) is 0 Å². The third-order valence-electron chi connectivity index (χ3n) is 4.43. The first-order chi connectivity index (χ1) is 11.4. The van der Waals surface area contributed by atoms with Crippen LogP contribution < -0.4 is 16.0 Å². The van der Waals surface area contributed by atoms with E-state index in [1.807, 2.05) is 18.4 Å². The molecule has 2 aliphatic rings. The third-order valence-corrected chi connectivity index (χ3v) is 4.43. The van der Waals surface area contributed by atoms with E-state index in [1.165, 1.54) is 24.6 Å². The zero-order valence-corrected chi connectivity index (χ0v) is 15.5. The molecule has 0 spiro atoms. The Morgan fingerprint density at radius 1 is 1.25 bits per heavy atom. The van der Waals surface area contributed by atoms with Crippen molar-refractivity contribution in [1.82, 2.24) is 5.32 Å². The Morgan fingerprint density at radius 3 is 2.42 bits per heavy atom. The van der Waals surface area contributed by atoms with Crippen LogP contribution in [-0.4, -0.2) is 25.4 Å². The number of hydrogen-bond acceptors (Lipinski definition) is 4. The number of aldehydes is 1. The number of carbonyl (C=O) groups excluding carboxylic acids is 1. The van der Waals surface area contributed by atoms with Crippen molar-refractivity contribution in [2.75, 3.05) is 11.9 Å². The summed E-state index contributed by atoms with van der Waals surface area (Å²) in [7, 11) is 2.19. The molecule has 0 fully saturated rings. The molecule has 2 aliphatic heterocycles. The van der Waals surface area contributed by atoms with Crippen molar-refractivity contribution in [3.8, 4) is 0 Å². The van der Waals surface area contributed by atoms with Crippen LogP contribution in [0.4, 0.5) is 5.69 Å². The number of nitrogens with two attached hydrogens (primary N) is 1. The van der Waals surface area contributed by atoms with Crippen LogP contribution in [0.5, 0.6) is 0 Å². The van der Waals surface area contributed by atoms with Gasteiger partial charge in [0, 0.05) is 30.5 Å². The number of nitrogens with zero attached hydrogens (tertiary/aromatic N) is 1. The maximum absolute atomic E-state index is 8.81. The summed E-state index contributed by atoms with van der Waals surface area (Å²) in [5, 5.41) is 3.08. The molecule has 24 heavy (non-hydrogen) atoms. The van der Waals surface area contributed by atoms with Gasteiger partial charge in [0.25, 0.3) is 0 Å². The van der Waals surface area contributed by atoms with E-state index in [9.17, 15) is 0 Å². The average molecular weight is 329 g/mol. The maximum atomic E-state index is 8.81. The molecule has 3 atom stereocenters. The Morgan fingerprint density at radius 2 is 1.88 bits per heavy atom.